The van der Waals surface area contributed by atoms with Crippen molar-refractivity contribution in [1.29, 1.82) is 0 Å². The van der Waals surface area contributed by atoms with Crippen LogP contribution in [-0.2, 0) is 10.8 Å². The van der Waals surface area contributed by atoms with E-state index in [1.165, 1.54) is 12.2 Å². The van der Waals surface area contributed by atoms with Crippen molar-refractivity contribution in [2.45, 2.75) is 46.1 Å². The fraction of sp³-hybridized carbons (Fsp3) is 0.219. The van der Waals surface area contributed by atoms with E-state index in [1.54, 1.807) is 16.7 Å². The summed E-state index contributed by atoms with van der Waals surface area (Å²) in [5.41, 5.74) is 4.47. The molecular formula is C32H32FNO3S. The Labute approximate surface area is 228 Å². The first-order valence-corrected chi connectivity index (χ1v) is 13.3. The van der Waals surface area contributed by atoms with Crippen molar-refractivity contribution in [3.05, 3.63) is 112 Å². The van der Waals surface area contributed by atoms with E-state index in [4.69, 9.17) is 4.18 Å². The fourth-order valence-electron chi connectivity index (χ4n) is 4.77. The monoisotopic (exact) mass is 529 g/mol. The summed E-state index contributed by atoms with van der Waals surface area (Å²) in [5, 5.41) is 11.9. The highest BCUT2D eigenvalue weighted by Crippen LogP contribution is 2.36. The van der Waals surface area contributed by atoms with Crippen LogP contribution >= 0.6 is 12.9 Å². The highest BCUT2D eigenvalue weighted by Gasteiger charge is 2.21. The SMILES string of the molecule is CC.O=c1c(C2=CCC=C(F)C=C2)c(O)c2ccc(-c3ccccc3COS)cc2n1C1=CCCCC=C1. The maximum Gasteiger partial charge on any atom is 0.267 e. The predicted octanol–water partition coefficient (Wildman–Crippen LogP) is 8.54. The fourth-order valence-corrected chi connectivity index (χ4v) is 4.91. The van der Waals surface area contributed by atoms with E-state index >= 15 is 0 Å². The third-order valence-electron chi connectivity index (χ3n) is 6.53. The van der Waals surface area contributed by atoms with Crippen LogP contribution in [0.5, 0.6) is 5.75 Å². The second-order valence-electron chi connectivity index (χ2n) is 8.81. The molecule has 2 aliphatic carbocycles. The van der Waals surface area contributed by atoms with Crippen LogP contribution in [-0.4, -0.2) is 9.67 Å². The lowest BCUT2D eigenvalue weighted by atomic mass is 9.96. The second kappa shape index (κ2) is 12.8. The first-order chi connectivity index (χ1) is 18.6. The molecule has 0 spiro atoms. The molecule has 2 aromatic carbocycles. The minimum absolute atomic E-state index is 0.110. The predicted molar refractivity (Wildman–Crippen MR) is 159 cm³/mol. The minimum atomic E-state index is -0.371. The van der Waals surface area contributed by atoms with Crippen LogP contribution in [0.4, 0.5) is 4.39 Å². The summed E-state index contributed by atoms with van der Waals surface area (Å²) in [5.74, 6) is -0.481. The first-order valence-electron chi connectivity index (χ1n) is 13.0. The number of aromatic nitrogens is 1. The number of fused-ring (bicyclic) bond motifs is 1. The van der Waals surface area contributed by atoms with Gasteiger partial charge >= 0.3 is 0 Å². The van der Waals surface area contributed by atoms with E-state index in [9.17, 15) is 14.3 Å². The number of aromatic hydroxyl groups is 1. The van der Waals surface area contributed by atoms with E-state index < -0.39 is 0 Å². The lowest BCUT2D eigenvalue weighted by molar-refractivity contribution is 0.372. The lowest BCUT2D eigenvalue weighted by Crippen LogP contribution is -2.23. The van der Waals surface area contributed by atoms with Gasteiger partial charge in [-0.1, -0.05) is 68.5 Å². The molecule has 0 saturated carbocycles. The van der Waals surface area contributed by atoms with Crippen molar-refractivity contribution in [3.63, 3.8) is 0 Å². The van der Waals surface area contributed by atoms with Crippen molar-refractivity contribution < 1.29 is 13.7 Å². The molecule has 5 rings (SSSR count). The summed E-state index contributed by atoms with van der Waals surface area (Å²) in [6.07, 6.45) is 15.2. The van der Waals surface area contributed by atoms with Crippen molar-refractivity contribution in [3.8, 4) is 16.9 Å². The Balaban J connectivity index is 0.00000164. The van der Waals surface area contributed by atoms with E-state index in [0.29, 0.717) is 29.5 Å². The van der Waals surface area contributed by atoms with Crippen LogP contribution in [0.15, 0.2) is 95.6 Å². The zero-order chi connectivity index (χ0) is 27.1. The largest absolute Gasteiger partial charge is 0.506 e. The van der Waals surface area contributed by atoms with Crippen LogP contribution in [0.3, 0.4) is 0 Å². The molecule has 0 fully saturated rings. The van der Waals surface area contributed by atoms with Crippen LogP contribution < -0.4 is 5.56 Å². The second-order valence-corrected chi connectivity index (χ2v) is 9.06. The molecule has 0 unspecified atom stereocenters. The Morgan fingerprint density at radius 3 is 2.66 bits per heavy atom. The molecule has 3 aromatic rings. The summed E-state index contributed by atoms with van der Waals surface area (Å²) in [6, 6.07) is 13.5. The minimum Gasteiger partial charge on any atom is -0.506 e. The third kappa shape index (κ3) is 5.62. The zero-order valence-corrected chi connectivity index (χ0v) is 22.5. The van der Waals surface area contributed by atoms with Crippen molar-refractivity contribution >= 4 is 35.1 Å². The number of halogens is 1. The van der Waals surface area contributed by atoms with Crippen LogP contribution in [0.2, 0.25) is 0 Å². The van der Waals surface area contributed by atoms with Gasteiger partial charge in [0, 0.05) is 11.1 Å². The molecule has 4 nitrogen and oxygen atoms in total. The number of pyridine rings is 1. The topological polar surface area (TPSA) is 51.5 Å². The number of allylic oxidation sites excluding steroid dienone is 10. The van der Waals surface area contributed by atoms with Gasteiger partial charge in [-0.15, -0.1) is 0 Å². The Kier molecular flexibility index (Phi) is 9.21. The summed E-state index contributed by atoms with van der Waals surface area (Å²) in [6.45, 7) is 4.33. The normalized spacial score (nSPS) is 15.1. The number of benzene rings is 2. The quantitative estimate of drug-likeness (QED) is 0.257. The molecule has 2 aliphatic rings. The molecular weight excluding hydrogens is 497 g/mol. The Morgan fingerprint density at radius 2 is 1.84 bits per heavy atom. The molecule has 0 radical (unpaired) electrons. The van der Waals surface area contributed by atoms with Gasteiger partial charge in [0.15, 0.2) is 0 Å². The molecule has 1 heterocycles. The summed E-state index contributed by atoms with van der Waals surface area (Å²) in [7, 11) is 0. The van der Waals surface area contributed by atoms with Gasteiger partial charge in [0.25, 0.3) is 5.56 Å². The molecule has 0 atom stereocenters. The van der Waals surface area contributed by atoms with Gasteiger partial charge in [-0.25, -0.2) is 4.39 Å². The van der Waals surface area contributed by atoms with Crippen molar-refractivity contribution in [2.75, 3.05) is 0 Å². The molecule has 0 bridgehead atoms. The van der Waals surface area contributed by atoms with Gasteiger partial charge in [0.2, 0.25) is 0 Å². The Hall–Kier alpha value is -3.61. The smallest absolute Gasteiger partial charge is 0.267 e. The van der Waals surface area contributed by atoms with Crippen molar-refractivity contribution in [1.82, 2.24) is 4.57 Å². The van der Waals surface area contributed by atoms with Gasteiger partial charge in [-0.3, -0.25) is 9.36 Å². The third-order valence-corrected chi connectivity index (χ3v) is 6.66. The van der Waals surface area contributed by atoms with Gasteiger partial charge in [-0.2, -0.15) is 0 Å². The number of thiol groups is 1. The number of rotatable bonds is 5. The standard InChI is InChI=1S/C30H26FNO3S.C2H6/c31-23-10-7-9-20(14-16-23)28-29(33)26-17-15-21(25-13-6-5-8-22(25)19-35-36)18-27(26)32(30(28)34)24-11-3-1-2-4-12-24;1-2/h3,5-6,8-18,33,36H,1-2,4,7,19H2;1-2H3. The van der Waals surface area contributed by atoms with E-state index in [0.717, 1.165) is 41.6 Å². The van der Waals surface area contributed by atoms with Gasteiger partial charge in [0.05, 0.1) is 17.7 Å². The highest BCUT2D eigenvalue weighted by atomic mass is 32.1. The molecule has 196 valence electrons. The van der Waals surface area contributed by atoms with E-state index in [-0.39, 0.29) is 22.7 Å². The average molecular weight is 530 g/mol. The maximum absolute atomic E-state index is 14.0. The Bertz CT molecular complexity index is 1540. The molecule has 0 amide bonds. The molecule has 6 heteroatoms. The summed E-state index contributed by atoms with van der Waals surface area (Å²) < 4.78 is 20.6. The molecule has 1 aromatic heterocycles. The Morgan fingerprint density at radius 1 is 1.03 bits per heavy atom. The van der Waals surface area contributed by atoms with Gasteiger partial charge in [0.1, 0.15) is 11.6 Å². The number of nitrogens with zero attached hydrogens (tertiary/aromatic N) is 1. The van der Waals surface area contributed by atoms with Crippen LogP contribution in [0, 0.1) is 0 Å². The van der Waals surface area contributed by atoms with Gasteiger partial charge < -0.3 is 9.29 Å². The molecule has 38 heavy (non-hydrogen) atoms. The van der Waals surface area contributed by atoms with Crippen LogP contribution in [0.25, 0.3) is 33.3 Å². The summed E-state index contributed by atoms with van der Waals surface area (Å²) in [4.78, 5) is 14.0. The molecule has 1 N–H and O–H groups in total. The molecule has 0 saturated heterocycles. The number of hydrogen-bond donors (Lipinski definition) is 2. The molecule has 0 aliphatic heterocycles. The van der Waals surface area contributed by atoms with E-state index in [2.05, 4.69) is 25.1 Å². The highest BCUT2D eigenvalue weighted by molar-refractivity contribution is 7.75. The van der Waals surface area contributed by atoms with Crippen molar-refractivity contribution in [2.24, 2.45) is 0 Å². The number of hydrogen-bond acceptors (Lipinski definition) is 4. The maximum atomic E-state index is 14.0. The van der Waals surface area contributed by atoms with Crippen LogP contribution in [0.1, 0.15) is 50.7 Å². The zero-order valence-electron chi connectivity index (χ0n) is 21.7. The average Bonchev–Trinajstić information content (AvgIpc) is 3.33. The summed E-state index contributed by atoms with van der Waals surface area (Å²) >= 11 is 3.92. The lowest BCUT2D eigenvalue weighted by Gasteiger charge is -2.18. The van der Waals surface area contributed by atoms with Gasteiger partial charge in [-0.05, 0) is 91.2 Å². The van der Waals surface area contributed by atoms with E-state index in [1.807, 2.05) is 62.4 Å². The first kappa shape index (κ1) is 27.4.